The summed E-state index contributed by atoms with van der Waals surface area (Å²) in [5.74, 6) is -4.70. The zero-order chi connectivity index (χ0) is 32.9. The number of carbonyl (C=O) groups excluding carboxylic acids is 4. The fraction of sp³-hybridized carbons (Fsp3) is 0.500. The number of hydrogen-bond donors (Lipinski definition) is 2. The van der Waals surface area contributed by atoms with E-state index in [-0.39, 0.29) is 34.3 Å². The molecule has 0 unspecified atom stereocenters. The molecule has 8 rings (SSSR count). The van der Waals surface area contributed by atoms with Gasteiger partial charge in [-0.25, -0.2) is 12.7 Å². The Morgan fingerprint density at radius 1 is 1.06 bits per heavy atom. The van der Waals surface area contributed by atoms with Crippen molar-refractivity contribution in [1.29, 1.82) is 0 Å². The monoisotopic (exact) mass is 687 g/mol. The number of β-lactam (4-membered cyclic amide) rings is 1. The summed E-state index contributed by atoms with van der Waals surface area (Å²) in [7, 11) is -4.40. The molecular formula is C32H38ClN5O8S. The summed E-state index contributed by atoms with van der Waals surface area (Å²) in [6, 6.07) is 7.81. The normalized spacial score (nSPS) is 31.0. The summed E-state index contributed by atoms with van der Waals surface area (Å²) in [5, 5.41) is 23.4. The second-order valence-electron chi connectivity index (χ2n) is 13.8. The quantitative estimate of drug-likeness (QED) is 0.196. The molecule has 0 aromatic heterocycles. The molecule has 2 aromatic rings. The van der Waals surface area contributed by atoms with E-state index >= 15 is 0 Å². The third-order valence-corrected chi connectivity index (χ3v) is 13.2. The number of primary amides is 1. The Labute approximate surface area is 278 Å². The molecule has 0 saturated carbocycles. The van der Waals surface area contributed by atoms with Gasteiger partial charge in [0.2, 0.25) is 5.91 Å². The van der Waals surface area contributed by atoms with Gasteiger partial charge in [-0.05, 0) is 35.6 Å². The zero-order valence-electron chi connectivity index (χ0n) is 26.2. The highest BCUT2D eigenvalue weighted by Crippen LogP contribution is 2.48. The largest absolute Gasteiger partial charge is 1.00 e. The number of aliphatic hydroxyl groups is 1. The topological polar surface area (TPSA) is 178 Å². The smallest absolute Gasteiger partial charge is 0.272 e. The average molecular weight is 688 g/mol. The van der Waals surface area contributed by atoms with Crippen LogP contribution in [0.5, 0.6) is 0 Å². The van der Waals surface area contributed by atoms with E-state index in [9.17, 15) is 37.8 Å². The Hall–Kier alpha value is -3.56. The van der Waals surface area contributed by atoms with E-state index in [0.29, 0.717) is 28.0 Å². The number of sulfonamides is 1. The highest BCUT2D eigenvalue weighted by Gasteiger charge is 2.59. The molecule has 2 aromatic carbocycles. The number of halogens is 1. The first-order valence-corrected chi connectivity index (χ1v) is 17.2. The van der Waals surface area contributed by atoms with Gasteiger partial charge >= 0.3 is 0 Å². The third-order valence-electron chi connectivity index (χ3n) is 11.4. The average Bonchev–Trinajstić information content (AvgIpc) is 3.25. The number of hydrogen-bond acceptors (Lipinski definition) is 8. The number of amides is 3. The lowest BCUT2D eigenvalue weighted by Crippen LogP contribution is -3.00. The van der Waals surface area contributed by atoms with E-state index in [0.717, 1.165) is 65.2 Å². The predicted molar refractivity (Wildman–Crippen MR) is 162 cm³/mol. The molecule has 0 aliphatic carbocycles. The lowest BCUT2D eigenvalue weighted by atomic mass is 9.78. The van der Waals surface area contributed by atoms with Crippen LogP contribution >= 0.6 is 0 Å². The van der Waals surface area contributed by atoms with Crippen molar-refractivity contribution in [3.8, 4) is 0 Å². The second kappa shape index (κ2) is 11.3. The minimum Gasteiger partial charge on any atom is -1.00 e. The molecule has 6 aliphatic rings. The molecule has 47 heavy (non-hydrogen) atoms. The molecule has 4 atom stereocenters. The Bertz CT molecular complexity index is 1850. The molecule has 4 fully saturated rings. The SMILES string of the molecule is C[C@@H](O)[C@H]1C(=O)N2C(C(=O)[O-])=C(CN3C(=O)c4cccc5c(CC[N+]67CC[N+](CC(N)=O)(CC6)CC7)ccc(c45)S3(=O)=O)[C@H](C)[C@H]12.[Cl-]. The van der Waals surface area contributed by atoms with Crippen LogP contribution in [0.25, 0.3) is 10.8 Å². The van der Waals surface area contributed by atoms with Crippen molar-refractivity contribution in [3.05, 3.63) is 52.7 Å². The molecular weight excluding hydrogens is 650 g/mol. The van der Waals surface area contributed by atoms with Crippen LogP contribution in [0.1, 0.15) is 29.8 Å². The van der Waals surface area contributed by atoms with Gasteiger partial charge in [-0.2, -0.15) is 0 Å². The standard InChI is InChI=1S/C32H37N5O8S.ClH/c1-18-23(29(32(42)43)35-28(18)26(19(2)38)31(35)41)16-34-30(40)22-5-3-4-21-20(6-7-24(27(21)22)46(34,44)45)8-9-36-10-13-37(14-11-36,15-12-36)17-25(33)39;/h3-7,18-19,26,28,38H,8-17H2,1-2H3,(H-2,33,39,42,43);1H/t18-,19+,26+,28+,36?,37?;/m0./s1. The van der Waals surface area contributed by atoms with Crippen LogP contribution in [0.2, 0.25) is 0 Å². The lowest BCUT2D eigenvalue weighted by Gasteiger charge is -2.55. The molecule has 3 amide bonds. The highest BCUT2D eigenvalue weighted by atomic mass is 35.5. The van der Waals surface area contributed by atoms with Gasteiger partial charge in [0.25, 0.3) is 21.8 Å². The number of fused-ring (bicyclic) bond motifs is 4. The number of rotatable bonds is 9. The number of quaternary nitrogens is 2. The molecule has 6 aliphatic heterocycles. The number of benzene rings is 2. The van der Waals surface area contributed by atoms with Crippen molar-refractivity contribution in [2.45, 2.75) is 37.3 Å². The number of nitrogens with zero attached hydrogens (tertiary/aromatic N) is 4. The van der Waals surface area contributed by atoms with Crippen molar-refractivity contribution < 1.29 is 59.2 Å². The summed E-state index contributed by atoms with van der Waals surface area (Å²) < 4.78 is 30.5. The van der Waals surface area contributed by atoms with Gasteiger partial charge in [-0.1, -0.05) is 25.1 Å². The molecule has 3 N–H and O–H groups in total. The number of carbonyl (C=O) groups is 4. The van der Waals surface area contributed by atoms with Gasteiger partial charge in [0.15, 0.2) is 6.54 Å². The van der Waals surface area contributed by atoms with Crippen LogP contribution in [-0.4, -0.2) is 126 Å². The first-order valence-electron chi connectivity index (χ1n) is 15.8. The summed E-state index contributed by atoms with van der Waals surface area (Å²) in [6.45, 7) is 9.32. The van der Waals surface area contributed by atoms with Crippen molar-refractivity contribution in [1.82, 2.24) is 9.21 Å². The molecule has 6 heterocycles. The fourth-order valence-electron chi connectivity index (χ4n) is 8.77. The van der Waals surface area contributed by atoms with E-state index in [4.69, 9.17) is 5.73 Å². The molecule has 0 radical (unpaired) electrons. The van der Waals surface area contributed by atoms with Crippen LogP contribution in [0.15, 0.2) is 46.5 Å². The maximum atomic E-state index is 14.1. The first kappa shape index (κ1) is 33.3. The second-order valence-corrected chi connectivity index (χ2v) is 15.6. The Morgan fingerprint density at radius 3 is 2.30 bits per heavy atom. The van der Waals surface area contributed by atoms with Crippen molar-refractivity contribution in [2.24, 2.45) is 17.6 Å². The van der Waals surface area contributed by atoms with Crippen LogP contribution < -0.4 is 23.2 Å². The van der Waals surface area contributed by atoms with E-state index in [1.807, 2.05) is 6.07 Å². The molecule has 252 valence electrons. The lowest BCUT2D eigenvalue weighted by molar-refractivity contribution is -1.08. The molecule has 15 heteroatoms. The first-order chi connectivity index (χ1) is 21.7. The van der Waals surface area contributed by atoms with Gasteiger partial charge in [0.05, 0.1) is 47.7 Å². The van der Waals surface area contributed by atoms with Gasteiger partial charge in [-0.15, -0.1) is 0 Å². The van der Waals surface area contributed by atoms with Crippen LogP contribution in [0.4, 0.5) is 0 Å². The minimum atomic E-state index is -4.40. The molecule has 4 saturated heterocycles. The summed E-state index contributed by atoms with van der Waals surface area (Å²) in [6.07, 6.45) is -0.343. The van der Waals surface area contributed by atoms with Crippen LogP contribution in [0, 0.1) is 11.8 Å². The van der Waals surface area contributed by atoms with Crippen molar-refractivity contribution >= 4 is 44.5 Å². The maximum absolute atomic E-state index is 14.1. The number of aliphatic carboxylic acids is 1. The fourth-order valence-corrected chi connectivity index (χ4v) is 10.3. The summed E-state index contributed by atoms with van der Waals surface area (Å²) in [5.41, 5.74) is 6.33. The predicted octanol–water partition coefficient (Wildman–Crippen LogP) is -4.46. The number of nitrogens with two attached hydrogens (primary N) is 1. The summed E-state index contributed by atoms with van der Waals surface area (Å²) in [4.78, 5) is 51.6. The minimum absolute atomic E-state index is 0. The van der Waals surface area contributed by atoms with Gasteiger partial charge < -0.3 is 47.0 Å². The molecule has 2 bridgehead atoms. The number of carboxylic acids is 1. The summed E-state index contributed by atoms with van der Waals surface area (Å²) >= 11 is 0. The Kier molecular flexibility index (Phi) is 7.99. The Balaban J connectivity index is 0.00000386. The molecule has 0 spiro atoms. The van der Waals surface area contributed by atoms with Gasteiger partial charge in [0, 0.05) is 23.3 Å². The number of carboxylic acid groups (broad SMARTS) is 1. The van der Waals surface area contributed by atoms with E-state index in [2.05, 4.69) is 0 Å². The van der Waals surface area contributed by atoms with Crippen molar-refractivity contribution in [2.75, 3.05) is 58.9 Å². The maximum Gasteiger partial charge on any atom is 0.272 e. The highest BCUT2D eigenvalue weighted by molar-refractivity contribution is 7.90. The Morgan fingerprint density at radius 2 is 1.70 bits per heavy atom. The van der Waals surface area contributed by atoms with E-state index < -0.39 is 64.0 Å². The number of aliphatic hydroxyl groups excluding tert-OH is 1. The molecule has 13 nitrogen and oxygen atoms in total. The van der Waals surface area contributed by atoms with E-state index in [1.54, 1.807) is 25.1 Å². The van der Waals surface area contributed by atoms with Crippen LogP contribution in [0.3, 0.4) is 0 Å². The van der Waals surface area contributed by atoms with Gasteiger partial charge in [0.1, 0.15) is 39.3 Å². The zero-order valence-corrected chi connectivity index (χ0v) is 27.8. The van der Waals surface area contributed by atoms with Crippen LogP contribution in [-0.2, 0) is 30.8 Å². The van der Waals surface area contributed by atoms with Gasteiger partial charge in [-0.3, -0.25) is 14.4 Å². The van der Waals surface area contributed by atoms with Crippen molar-refractivity contribution in [3.63, 3.8) is 0 Å². The third kappa shape index (κ3) is 4.87. The number of piperazine rings is 3. The van der Waals surface area contributed by atoms with E-state index in [1.165, 1.54) is 13.0 Å².